The van der Waals surface area contributed by atoms with Crippen LogP contribution in [0.25, 0.3) is 0 Å². The number of amides is 4. The predicted octanol–water partition coefficient (Wildman–Crippen LogP) is -0.456. The van der Waals surface area contributed by atoms with Crippen molar-refractivity contribution in [2.75, 3.05) is 13.1 Å². The van der Waals surface area contributed by atoms with Gasteiger partial charge in [0.15, 0.2) is 0 Å². The Hall–Kier alpha value is -2.12. The number of carboxylic acids is 1. The normalized spacial score (nSPS) is 29.2. The molecule has 21 heavy (non-hydrogen) atoms. The largest absolute Gasteiger partial charge is 0.481 e. The number of urea groups is 1. The molecule has 1 saturated heterocycles. The Bertz CT molecular complexity index is 478. The number of aliphatic carboxylic acids is 1. The average molecular weight is 297 g/mol. The highest BCUT2D eigenvalue weighted by Crippen LogP contribution is 2.31. The van der Waals surface area contributed by atoms with Crippen LogP contribution in [0.15, 0.2) is 0 Å². The molecule has 1 aliphatic carbocycles. The van der Waals surface area contributed by atoms with Crippen molar-refractivity contribution in [3.05, 3.63) is 0 Å². The van der Waals surface area contributed by atoms with E-state index in [1.165, 1.54) is 6.92 Å². The molecule has 1 heterocycles. The van der Waals surface area contributed by atoms with Gasteiger partial charge in [0.2, 0.25) is 11.8 Å². The summed E-state index contributed by atoms with van der Waals surface area (Å²) in [6.45, 7) is 1.61. The summed E-state index contributed by atoms with van der Waals surface area (Å²) < 4.78 is 0. The molecule has 3 N–H and O–H groups in total. The molecule has 1 aliphatic heterocycles. The monoisotopic (exact) mass is 297 g/mol. The summed E-state index contributed by atoms with van der Waals surface area (Å²) in [5, 5.41) is 13.9. The van der Waals surface area contributed by atoms with E-state index in [1.54, 1.807) is 0 Å². The van der Waals surface area contributed by atoms with E-state index in [2.05, 4.69) is 10.6 Å². The Balaban J connectivity index is 1.90. The summed E-state index contributed by atoms with van der Waals surface area (Å²) in [5.41, 5.74) is 0. The molecule has 116 valence electrons. The molecule has 8 heteroatoms. The molecule has 0 spiro atoms. The van der Waals surface area contributed by atoms with Crippen molar-refractivity contribution in [1.82, 2.24) is 15.5 Å². The summed E-state index contributed by atoms with van der Waals surface area (Å²) in [7, 11) is 0. The number of rotatable bonds is 3. The SMILES string of the molecule is CC1C(=O)NC(=O)CN1C(=O)NCC1CCCC1C(=O)O. The summed E-state index contributed by atoms with van der Waals surface area (Å²) in [5.74, 6) is -2.40. The molecule has 2 rings (SSSR count). The maximum atomic E-state index is 12.1. The lowest BCUT2D eigenvalue weighted by atomic mass is 9.96. The maximum absolute atomic E-state index is 12.1. The maximum Gasteiger partial charge on any atom is 0.318 e. The minimum Gasteiger partial charge on any atom is -0.481 e. The molecule has 4 amide bonds. The summed E-state index contributed by atoms with van der Waals surface area (Å²) in [6.07, 6.45) is 2.21. The minimum atomic E-state index is -0.840. The zero-order valence-electron chi connectivity index (χ0n) is 11.8. The number of nitrogens with zero attached hydrogens (tertiary/aromatic N) is 1. The van der Waals surface area contributed by atoms with Crippen LogP contribution in [-0.2, 0) is 14.4 Å². The van der Waals surface area contributed by atoms with Gasteiger partial charge in [-0.1, -0.05) is 6.42 Å². The first-order valence-electron chi connectivity index (χ1n) is 7.01. The first-order chi connectivity index (χ1) is 9.90. The van der Waals surface area contributed by atoms with Gasteiger partial charge in [0, 0.05) is 6.54 Å². The lowest BCUT2D eigenvalue weighted by Gasteiger charge is -2.32. The lowest BCUT2D eigenvalue weighted by molar-refractivity contribution is -0.143. The average Bonchev–Trinajstić information content (AvgIpc) is 2.88. The van der Waals surface area contributed by atoms with Gasteiger partial charge in [-0.05, 0) is 25.7 Å². The molecule has 8 nitrogen and oxygen atoms in total. The fourth-order valence-electron chi connectivity index (χ4n) is 2.89. The van der Waals surface area contributed by atoms with Crippen molar-refractivity contribution in [2.45, 2.75) is 32.2 Å². The van der Waals surface area contributed by atoms with Crippen LogP contribution in [0.4, 0.5) is 4.79 Å². The lowest BCUT2D eigenvalue weighted by Crippen LogP contribution is -2.60. The van der Waals surface area contributed by atoms with Crippen LogP contribution in [-0.4, -0.2) is 53.0 Å². The van der Waals surface area contributed by atoms with Crippen molar-refractivity contribution in [3.8, 4) is 0 Å². The van der Waals surface area contributed by atoms with Gasteiger partial charge in [-0.2, -0.15) is 0 Å². The number of hydrogen-bond donors (Lipinski definition) is 3. The molecule has 0 aromatic heterocycles. The van der Waals surface area contributed by atoms with Gasteiger partial charge < -0.3 is 15.3 Å². The number of hydrogen-bond acceptors (Lipinski definition) is 4. The van der Waals surface area contributed by atoms with Gasteiger partial charge in [0.1, 0.15) is 12.6 Å². The number of imide groups is 1. The molecule has 0 radical (unpaired) electrons. The summed E-state index contributed by atoms with van der Waals surface area (Å²) >= 11 is 0. The minimum absolute atomic E-state index is 0.101. The van der Waals surface area contributed by atoms with Crippen LogP contribution in [0.2, 0.25) is 0 Å². The van der Waals surface area contributed by atoms with Crippen molar-refractivity contribution in [1.29, 1.82) is 0 Å². The third-order valence-electron chi connectivity index (χ3n) is 4.18. The van der Waals surface area contributed by atoms with Crippen LogP contribution in [0.3, 0.4) is 0 Å². The Labute approximate surface area is 121 Å². The van der Waals surface area contributed by atoms with Crippen molar-refractivity contribution in [3.63, 3.8) is 0 Å². The molecule has 3 atom stereocenters. The van der Waals surface area contributed by atoms with Crippen molar-refractivity contribution in [2.24, 2.45) is 11.8 Å². The standard InChI is InChI=1S/C13H19N3O5/c1-7-11(18)15-10(17)6-16(7)13(21)14-5-8-3-2-4-9(8)12(19)20/h7-9H,2-6H2,1H3,(H,14,21)(H,19,20)(H,15,17,18). The third kappa shape index (κ3) is 3.32. The quantitative estimate of drug-likeness (QED) is 0.610. The Morgan fingerprint density at radius 3 is 2.76 bits per heavy atom. The first-order valence-corrected chi connectivity index (χ1v) is 7.01. The zero-order valence-corrected chi connectivity index (χ0v) is 11.8. The summed E-state index contributed by atoms with van der Waals surface area (Å²) in [6, 6.07) is -1.23. The van der Waals surface area contributed by atoms with Crippen LogP contribution >= 0.6 is 0 Å². The smallest absolute Gasteiger partial charge is 0.318 e. The fraction of sp³-hybridized carbons (Fsp3) is 0.692. The van der Waals surface area contributed by atoms with Gasteiger partial charge in [-0.15, -0.1) is 0 Å². The van der Waals surface area contributed by atoms with E-state index < -0.39 is 35.8 Å². The van der Waals surface area contributed by atoms with E-state index >= 15 is 0 Å². The van der Waals surface area contributed by atoms with Crippen LogP contribution in [0, 0.1) is 11.8 Å². The number of carboxylic acid groups (broad SMARTS) is 1. The van der Waals surface area contributed by atoms with E-state index in [9.17, 15) is 19.2 Å². The van der Waals surface area contributed by atoms with E-state index in [4.69, 9.17) is 5.11 Å². The highest BCUT2D eigenvalue weighted by Gasteiger charge is 2.36. The van der Waals surface area contributed by atoms with Crippen LogP contribution < -0.4 is 10.6 Å². The van der Waals surface area contributed by atoms with Gasteiger partial charge >= 0.3 is 12.0 Å². The van der Waals surface area contributed by atoms with E-state index in [0.29, 0.717) is 6.42 Å². The second-order valence-corrected chi connectivity index (χ2v) is 5.54. The van der Waals surface area contributed by atoms with E-state index in [0.717, 1.165) is 17.7 Å². The Morgan fingerprint density at radius 2 is 2.10 bits per heavy atom. The number of carbonyl (C=O) groups excluding carboxylic acids is 3. The number of carbonyl (C=O) groups is 4. The Morgan fingerprint density at radius 1 is 1.38 bits per heavy atom. The molecular formula is C13H19N3O5. The van der Waals surface area contributed by atoms with E-state index in [-0.39, 0.29) is 19.0 Å². The third-order valence-corrected chi connectivity index (χ3v) is 4.18. The van der Waals surface area contributed by atoms with Gasteiger partial charge in [-0.3, -0.25) is 19.7 Å². The van der Waals surface area contributed by atoms with Crippen LogP contribution in [0.5, 0.6) is 0 Å². The topological polar surface area (TPSA) is 116 Å². The summed E-state index contributed by atoms with van der Waals surface area (Å²) in [4.78, 5) is 47.1. The van der Waals surface area contributed by atoms with Crippen LogP contribution in [0.1, 0.15) is 26.2 Å². The zero-order chi connectivity index (χ0) is 15.6. The Kier molecular flexibility index (Phi) is 4.44. The van der Waals surface area contributed by atoms with Gasteiger partial charge in [0.25, 0.3) is 0 Å². The second-order valence-electron chi connectivity index (χ2n) is 5.54. The molecule has 3 unspecified atom stereocenters. The van der Waals surface area contributed by atoms with Crippen molar-refractivity contribution >= 4 is 23.8 Å². The molecule has 0 bridgehead atoms. The highest BCUT2D eigenvalue weighted by molar-refractivity contribution is 6.03. The molecule has 2 fully saturated rings. The van der Waals surface area contributed by atoms with Gasteiger partial charge in [0.05, 0.1) is 5.92 Å². The highest BCUT2D eigenvalue weighted by atomic mass is 16.4. The van der Waals surface area contributed by atoms with Crippen molar-refractivity contribution < 1.29 is 24.3 Å². The fourth-order valence-corrected chi connectivity index (χ4v) is 2.89. The number of piperazine rings is 1. The predicted molar refractivity (Wildman–Crippen MR) is 71.2 cm³/mol. The molecule has 0 aromatic carbocycles. The molecule has 0 aromatic rings. The molecular weight excluding hydrogens is 278 g/mol. The second kappa shape index (κ2) is 6.11. The van der Waals surface area contributed by atoms with E-state index in [1.807, 2.05) is 0 Å². The first kappa shape index (κ1) is 15.3. The van der Waals surface area contributed by atoms with Gasteiger partial charge in [-0.25, -0.2) is 4.79 Å². The molecule has 1 saturated carbocycles. The molecule has 2 aliphatic rings. The number of nitrogens with one attached hydrogen (secondary N) is 2.